The molecule has 3 rings (SSSR count). The van der Waals surface area contributed by atoms with Gasteiger partial charge < -0.3 is 13.9 Å². The monoisotopic (exact) mass is 393 g/mol. The van der Waals surface area contributed by atoms with Crippen molar-refractivity contribution in [3.63, 3.8) is 0 Å². The molecule has 1 fully saturated rings. The van der Waals surface area contributed by atoms with Crippen LogP contribution in [0, 0.1) is 0 Å². The Kier molecular flexibility index (Phi) is 5.93. The zero-order valence-corrected chi connectivity index (χ0v) is 14.9. The van der Waals surface area contributed by atoms with Crippen LogP contribution in [0.4, 0.5) is 0 Å². The van der Waals surface area contributed by atoms with Crippen LogP contribution >= 0.6 is 15.9 Å². The number of carbonyl (C=O) groups excluding carboxylic acids is 1. The van der Waals surface area contributed by atoms with Crippen LogP contribution in [-0.2, 0) is 4.74 Å². The van der Waals surface area contributed by atoms with Crippen LogP contribution in [0.3, 0.4) is 0 Å². The molecule has 6 heteroatoms. The molecular weight excluding hydrogens is 374 g/mol. The number of benzene rings is 1. The van der Waals surface area contributed by atoms with Gasteiger partial charge in [0, 0.05) is 24.1 Å². The topological polar surface area (TPSA) is 51.9 Å². The summed E-state index contributed by atoms with van der Waals surface area (Å²) in [5.74, 6) is 0.753. The summed E-state index contributed by atoms with van der Waals surface area (Å²) in [4.78, 5) is 14.2. The van der Waals surface area contributed by atoms with Gasteiger partial charge >= 0.3 is 5.97 Å². The number of likely N-dealkylation sites (tertiary alicyclic amines) is 1. The Bertz CT molecular complexity index is 651. The average molecular weight is 394 g/mol. The summed E-state index contributed by atoms with van der Waals surface area (Å²) in [7, 11) is 0. The van der Waals surface area contributed by atoms with E-state index in [1.165, 1.54) is 6.26 Å². The van der Waals surface area contributed by atoms with E-state index in [0.29, 0.717) is 6.61 Å². The van der Waals surface area contributed by atoms with E-state index in [-0.39, 0.29) is 17.8 Å². The van der Waals surface area contributed by atoms with Crippen LogP contribution in [0.15, 0.2) is 51.6 Å². The minimum absolute atomic E-state index is 0.0372. The van der Waals surface area contributed by atoms with Gasteiger partial charge in [0.25, 0.3) is 0 Å². The van der Waals surface area contributed by atoms with E-state index in [1.807, 2.05) is 24.3 Å². The Labute approximate surface area is 149 Å². The zero-order chi connectivity index (χ0) is 16.8. The van der Waals surface area contributed by atoms with Gasteiger partial charge in [-0.2, -0.15) is 0 Å². The highest BCUT2D eigenvalue weighted by atomic mass is 79.9. The van der Waals surface area contributed by atoms with E-state index in [9.17, 15) is 4.79 Å². The second kappa shape index (κ2) is 8.35. The molecule has 0 saturated carbocycles. The number of hydrogen-bond donors (Lipinski definition) is 0. The third-order valence-corrected chi connectivity index (χ3v) is 4.50. The second-order valence-corrected chi connectivity index (χ2v) is 6.65. The van der Waals surface area contributed by atoms with E-state index < -0.39 is 0 Å². The zero-order valence-electron chi connectivity index (χ0n) is 13.3. The van der Waals surface area contributed by atoms with E-state index in [4.69, 9.17) is 13.9 Å². The first-order valence-corrected chi connectivity index (χ1v) is 8.85. The standard InChI is InChI=1S/C18H20BrNO4/c19-14-3-1-4-16(13-14)22-12-10-20-8-6-15(7-9-20)24-18(21)17-5-2-11-23-17/h1-5,11,13,15H,6-10,12H2. The molecule has 0 N–H and O–H groups in total. The van der Waals surface area contributed by atoms with Crippen molar-refractivity contribution >= 4 is 21.9 Å². The lowest BCUT2D eigenvalue weighted by molar-refractivity contribution is 0.00711. The minimum atomic E-state index is -0.378. The summed E-state index contributed by atoms with van der Waals surface area (Å²) in [6, 6.07) is 11.1. The van der Waals surface area contributed by atoms with Crippen molar-refractivity contribution in [3.8, 4) is 5.75 Å². The van der Waals surface area contributed by atoms with Gasteiger partial charge in [0.15, 0.2) is 0 Å². The maximum Gasteiger partial charge on any atom is 0.374 e. The molecular formula is C18H20BrNO4. The third kappa shape index (κ3) is 4.85. The average Bonchev–Trinajstić information content (AvgIpc) is 3.11. The van der Waals surface area contributed by atoms with Gasteiger partial charge in [0.2, 0.25) is 5.76 Å². The van der Waals surface area contributed by atoms with Gasteiger partial charge in [-0.15, -0.1) is 0 Å². The normalized spacial score (nSPS) is 16.0. The molecule has 5 nitrogen and oxygen atoms in total. The predicted molar refractivity (Wildman–Crippen MR) is 93.2 cm³/mol. The maximum atomic E-state index is 11.9. The molecule has 0 amide bonds. The number of nitrogens with zero attached hydrogens (tertiary/aromatic N) is 1. The SMILES string of the molecule is O=C(OC1CCN(CCOc2cccc(Br)c2)CC1)c1ccco1. The second-order valence-electron chi connectivity index (χ2n) is 5.73. The first-order chi connectivity index (χ1) is 11.7. The van der Waals surface area contributed by atoms with E-state index in [0.717, 1.165) is 42.7 Å². The van der Waals surface area contributed by atoms with Crippen molar-refractivity contribution in [3.05, 3.63) is 52.9 Å². The summed E-state index contributed by atoms with van der Waals surface area (Å²) in [5.41, 5.74) is 0. The smallest absolute Gasteiger partial charge is 0.374 e. The van der Waals surface area contributed by atoms with Crippen molar-refractivity contribution in [2.75, 3.05) is 26.2 Å². The minimum Gasteiger partial charge on any atom is -0.492 e. The summed E-state index contributed by atoms with van der Waals surface area (Å²) < 4.78 is 17.3. The number of halogens is 1. The first kappa shape index (κ1) is 17.0. The van der Waals surface area contributed by atoms with Gasteiger partial charge in [0.05, 0.1) is 6.26 Å². The number of piperidine rings is 1. The van der Waals surface area contributed by atoms with E-state index >= 15 is 0 Å². The molecule has 0 bridgehead atoms. The fourth-order valence-electron chi connectivity index (χ4n) is 2.70. The highest BCUT2D eigenvalue weighted by Gasteiger charge is 2.23. The lowest BCUT2D eigenvalue weighted by Crippen LogP contribution is -2.39. The first-order valence-electron chi connectivity index (χ1n) is 8.06. The number of hydrogen-bond acceptors (Lipinski definition) is 5. The summed E-state index contributed by atoms with van der Waals surface area (Å²) in [5, 5.41) is 0. The Morgan fingerprint density at radius 3 is 2.79 bits per heavy atom. The Hall–Kier alpha value is -1.79. The molecule has 0 atom stereocenters. The molecule has 0 unspecified atom stereocenters. The van der Waals surface area contributed by atoms with Crippen LogP contribution in [-0.4, -0.2) is 43.2 Å². The molecule has 0 radical (unpaired) electrons. The van der Waals surface area contributed by atoms with Crippen LogP contribution < -0.4 is 4.74 Å². The van der Waals surface area contributed by atoms with Crippen molar-refractivity contribution < 1.29 is 18.7 Å². The van der Waals surface area contributed by atoms with Gasteiger partial charge in [-0.3, -0.25) is 4.90 Å². The fourth-order valence-corrected chi connectivity index (χ4v) is 3.08. The molecule has 2 aromatic rings. The third-order valence-electron chi connectivity index (χ3n) is 4.00. The largest absolute Gasteiger partial charge is 0.492 e. The Morgan fingerprint density at radius 2 is 2.08 bits per heavy atom. The van der Waals surface area contributed by atoms with Crippen LogP contribution in [0.1, 0.15) is 23.4 Å². The van der Waals surface area contributed by atoms with Crippen molar-refractivity contribution in [2.24, 2.45) is 0 Å². The quantitative estimate of drug-likeness (QED) is 0.699. The van der Waals surface area contributed by atoms with E-state index in [1.54, 1.807) is 12.1 Å². The molecule has 2 heterocycles. The van der Waals surface area contributed by atoms with Gasteiger partial charge in [0.1, 0.15) is 18.5 Å². The molecule has 1 saturated heterocycles. The van der Waals surface area contributed by atoms with Gasteiger partial charge in [-0.1, -0.05) is 22.0 Å². The molecule has 1 aliphatic heterocycles. The van der Waals surface area contributed by atoms with Crippen molar-refractivity contribution in [1.82, 2.24) is 4.90 Å². The van der Waals surface area contributed by atoms with Gasteiger partial charge in [-0.25, -0.2) is 4.79 Å². The van der Waals surface area contributed by atoms with Crippen LogP contribution in [0.2, 0.25) is 0 Å². The summed E-state index contributed by atoms with van der Waals surface area (Å²) in [6.45, 7) is 3.31. The molecule has 0 aliphatic carbocycles. The number of ether oxygens (including phenoxy) is 2. The summed E-state index contributed by atoms with van der Waals surface area (Å²) in [6.07, 6.45) is 3.11. The molecule has 1 aromatic carbocycles. The molecule has 24 heavy (non-hydrogen) atoms. The lowest BCUT2D eigenvalue weighted by atomic mass is 10.1. The highest BCUT2D eigenvalue weighted by molar-refractivity contribution is 9.10. The summed E-state index contributed by atoms with van der Waals surface area (Å²) >= 11 is 3.43. The molecule has 1 aliphatic rings. The van der Waals surface area contributed by atoms with Crippen LogP contribution in [0.5, 0.6) is 5.75 Å². The number of carbonyl (C=O) groups is 1. The Balaban J connectivity index is 1.35. The number of rotatable bonds is 6. The molecule has 1 aromatic heterocycles. The van der Waals surface area contributed by atoms with Gasteiger partial charge in [-0.05, 0) is 43.2 Å². The van der Waals surface area contributed by atoms with E-state index in [2.05, 4.69) is 20.8 Å². The Morgan fingerprint density at radius 1 is 1.25 bits per heavy atom. The van der Waals surface area contributed by atoms with Crippen LogP contribution in [0.25, 0.3) is 0 Å². The predicted octanol–water partition coefficient (Wildman–Crippen LogP) is 3.74. The van der Waals surface area contributed by atoms with Crippen molar-refractivity contribution in [2.45, 2.75) is 18.9 Å². The number of esters is 1. The molecule has 128 valence electrons. The number of furan rings is 1. The lowest BCUT2D eigenvalue weighted by Gasteiger charge is -2.31. The highest BCUT2D eigenvalue weighted by Crippen LogP contribution is 2.19. The fraction of sp³-hybridized carbons (Fsp3) is 0.389. The molecule has 0 spiro atoms. The maximum absolute atomic E-state index is 11.9. The van der Waals surface area contributed by atoms with Crippen molar-refractivity contribution in [1.29, 1.82) is 0 Å².